The molecule has 0 radical (unpaired) electrons. The molecule has 4 aromatic carbocycles. The zero-order chi connectivity index (χ0) is 29.9. The first-order valence-corrected chi connectivity index (χ1v) is 14.5. The first kappa shape index (κ1) is 30.4. The number of hydrogen-bond acceptors (Lipinski definition) is 4. The summed E-state index contributed by atoms with van der Waals surface area (Å²) in [5, 5.41) is 0. The summed E-state index contributed by atoms with van der Waals surface area (Å²) in [6, 6.07) is 31.0. The summed E-state index contributed by atoms with van der Waals surface area (Å²) in [5.74, 6) is 1.33. The number of benzene rings is 4. The van der Waals surface area contributed by atoms with Crippen molar-refractivity contribution in [2.24, 2.45) is 0 Å². The molecule has 0 heterocycles. The smallest absolute Gasteiger partial charge is 0.254 e. The molecule has 218 valence electrons. The van der Waals surface area contributed by atoms with Crippen LogP contribution in [0.5, 0.6) is 11.5 Å². The summed E-state index contributed by atoms with van der Waals surface area (Å²) < 4.78 is 10.9. The highest BCUT2D eigenvalue weighted by Crippen LogP contribution is 2.30. The largest absolute Gasteiger partial charge is 0.497 e. The normalized spacial score (nSPS) is 10.7. The molecule has 0 aliphatic carbocycles. The molecule has 0 atom stereocenters. The summed E-state index contributed by atoms with van der Waals surface area (Å²) >= 11 is 0. The van der Waals surface area contributed by atoms with Crippen LogP contribution in [0, 0.1) is 0 Å². The number of nitrogens with zero attached hydrogens (tertiary/aromatic N) is 2. The SMILES string of the molecule is CCCN(CCc1cc(OC)cc(OC)c1)C(=O)c1ccccc1-c1ccccc1C(=O)N(CC)Cc1ccccc1. The second kappa shape index (κ2) is 14.9. The summed E-state index contributed by atoms with van der Waals surface area (Å²) in [6.07, 6.45) is 1.48. The zero-order valence-electron chi connectivity index (χ0n) is 25.0. The van der Waals surface area contributed by atoms with E-state index in [4.69, 9.17) is 9.47 Å². The molecule has 0 unspecified atom stereocenters. The van der Waals surface area contributed by atoms with Gasteiger partial charge in [0.05, 0.1) is 14.2 Å². The van der Waals surface area contributed by atoms with E-state index in [0.717, 1.165) is 40.2 Å². The van der Waals surface area contributed by atoms with Crippen LogP contribution in [-0.4, -0.2) is 55.5 Å². The second-order valence-corrected chi connectivity index (χ2v) is 10.2. The van der Waals surface area contributed by atoms with Crippen molar-refractivity contribution >= 4 is 11.8 Å². The van der Waals surface area contributed by atoms with Crippen LogP contribution in [0.2, 0.25) is 0 Å². The summed E-state index contributed by atoms with van der Waals surface area (Å²) in [7, 11) is 3.26. The Morgan fingerprint density at radius 1 is 0.619 bits per heavy atom. The Bertz CT molecular complexity index is 1460. The van der Waals surface area contributed by atoms with E-state index in [1.165, 1.54) is 0 Å². The van der Waals surface area contributed by atoms with Gasteiger partial charge in [0.15, 0.2) is 0 Å². The van der Waals surface area contributed by atoms with Crippen LogP contribution in [0.4, 0.5) is 0 Å². The maximum absolute atomic E-state index is 14.1. The van der Waals surface area contributed by atoms with E-state index >= 15 is 0 Å². The van der Waals surface area contributed by atoms with Gasteiger partial charge < -0.3 is 19.3 Å². The summed E-state index contributed by atoms with van der Waals surface area (Å²) in [5.41, 5.74) is 4.78. The third-order valence-corrected chi connectivity index (χ3v) is 7.35. The van der Waals surface area contributed by atoms with Crippen molar-refractivity contribution in [1.82, 2.24) is 9.80 Å². The molecule has 0 aliphatic heterocycles. The highest BCUT2D eigenvalue weighted by molar-refractivity contribution is 6.06. The van der Waals surface area contributed by atoms with E-state index in [2.05, 4.69) is 6.92 Å². The molecular formula is C36H40N2O4. The van der Waals surface area contributed by atoms with Gasteiger partial charge in [-0.2, -0.15) is 0 Å². The lowest BCUT2D eigenvalue weighted by Gasteiger charge is -2.25. The Balaban J connectivity index is 1.63. The van der Waals surface area contributed by atoms with Crippen molar-refractivity contribution in [3.8, 4) is 22.6 Å². The molecule has 2 amide bonds. The highest BCUT2D eigenvalue weighted by atomic mass is 16.5. The van der Waals surface area contributed by atoms with Crippen molar-refractivity contribution in [3.63, 3.8) is 0 Å². The van der Waals surface area contributed by atoms with Crippen molar-refractivity contribution in [1.29, 1.82) is 0 Å². The molecule has 4 aromatic rings. The topological polar surface area (TPSA) is 59.1 Å². The zero-order valence-corrected chi connectivity index (χ0v) is 25.0. The van der Waals surface area contributed by atoms with Gasteiger partial charge in [-0.25, -0.2) is 0 Å². The molecule has 6 nitrogen and oxygen atoms in total. The van der Waals surface area contributed by atoms with E-state index in [1.807, 2.05) is 114 Å². The molecule has 42 heavy (non-hydrogen) atoms. The first-order valence-electron chi connectivity index (χ1n) is 14.5. The summed E-state index contributed by atoms with van der Waals surface area (Å²) in [6.45, 7) is 6.31. The Morgan fingerprint density at radius 3 is 1.67 bits per heavy atom. The Kier molecular flexibility index (Phi) is 10.8. The predicted octanol–water partition coefficient (Wildman–Crippen LogP) is 7.13. The fourth-order valence-electron chi connectivity index (χ4n) is 5.14. The maximum Gasteiger partial charge on any atom is 0.254 e. The minimum Gasteiger partial charge on any atom is -0.497 e. The van der Waals surface area contributed by atoms with Gasteiger partial charge in [-0.3, -0.25) is 9.59 Å². The monoisotopic (exact) mass is 564 g/mol. The third-order valence-electron chi connectivity index (χ3n) is 7.35. The van der Waals surface area contributed by atoms with Gasteiger partial charge in [0, 0.05) is 43.4 Å². The molecule has 0 N–H and O–H groups in total. The van der Waals surface area contributed by atoms with Crippen molar-refractivity contribution in [2.75, 3.05) is 33.9 Å². The molecular weight excluding hydrogens is 524 g/mol. The number of methoxy groups -OCH3 is 2. The van der Waals surface area contributed by atoms with E-state index in [0.29, 0.717) is 43.7 Å². The molecule has 0 saturated carbocycles. The van der Waals surface area contributed by atoms with Crippen LogP contribution in [-0.2, 0) is 13.0 Å². The maximum atomic E-state index is 14.1. The molecule has 0 bridgehead atoms. The van der Waals surface area contributed by atoms with E-state index < -0.39 is 0 Å². The van der Waals surface area contributed by atoms with Crippen LogP contribution < -0.4 is 9.47 Å². The van der Waals surface area contributed by atoms with Crippen LogP contribution in [0.25, 0.3) is 11.1 Å². The van der Waals surface area contributed by atoms with Crippen molar-refractivity contribution < 1.29 is 19.1 Å². The van der Waals surface area contributed by atoms with Gasteiger partial charge in [0.25, 0.3) is 11.8 Å². The van der Waals surface area contributed by atoms with E-state index in [1.54, 1.807) is 14.2 Å². The number of hydrogen-bond donors (Lipinski definition) is 0. The van der Waals surface area contributed by atoms with Gasteiger partial charge in [-0.15, -0.1) is 0 Å². The number of amides is 2. The molecule has 0 aromatic heterocycles. The van der Waals surface area contributed by atoms with E-state index in [9.17, 15) is 9.59 Å². The minimum atomic E-state index is -0.0587. The fraction of sp³-hybridized carbons (Fsp3) is 0.278. The predicted molar refractivity (Wildman–Crippen MR) is 168 cm³/mol. The summed E-state index contributed by atoms with van der Waals surface area (Å²) in [4.78, 5) is 31.7. The molecule has 4 rings (SSSR count). The van der Waals surface area contributed by atoms with Gasteiger partial charge in [-0.1, -0.05) is 73.7 Å². The molecule has 0 spiro atoms. The van der Waals surface area contributed by atoms with Crippen molar-refractivity contribution in [2.45, 2.75) is 33.2 Å². The van der Waals surface area contributed by atoms with Gasteiger partial charge in [0.1, 0.15) is 11.5 Å². The standard InChI is InChI=1S/C36H40N2O4/c1-5-21-38(22-20-28-23-29(41-3)25-30(24-28)42-4)36(40)34-19-13-11-17-32(34)31-16-10-12-18-33(31)35(39)37(6-2)26-27-14-8-7-9-15-27/h7-19,23-25H,5-6,20-22,26H2,1-4H3. The lowest BCUT2D eigenvalue weighted by molar-refractivity contribution is 0.0745. The van der Waals surface area contributed by atoms with Gasteiger partial charge in [0.2, 0.25) is 0 Å². The highest BCUT2D eigenvalue weighted by Gasteiger charge is 2.23. The number of carbonyl (C=O) groups excluding carboxylic acids is 2. The van der Waals surface area contributed by atoms with Crippen LogP contribution in [0.15, 0.2) is 97.1 Å². The molecule has 6 heteroatoms. The average Bonchev–Trinajstić information content (AvgIpc) is 3.05. The lowest BCUT2D eigenvalue weighted by atomic mass is 9.93. The quantitative estimate of drug-likeness (QED) is 0.173. The second-order valence-electron chi connectivity index (χ2n) is 10.2. The van der Waals surface area contributed by atoms with Gasteiger partial charge >= 0.3 is 0 Å². The average molecular weight is 565 g/mol. The Morgan fingerprint density at radius 2 is 1.14 bits per heavy atom. The number of rotatable bonds is 13. The fourth-order valence-corrected chi connectivity index (χ4v) is 5.14. The lowest BCUT2D eigenvalue weighted by Crippen LogP contribution is -2.34. The van der Waals surface area contributed by atoms with Crippen molar-refractivity contribution in [3.05, 3.63) is 119 Å². The van der Waals surface area contributed by atoms with Crippen LogP contribution in [0.1, 0.15) is 52.1 Å². The molecule has 0 saturated heterocycles. The third kappa shape index (κ3) is 7.38. The minimum absolute atomic E-state index is 0.0544. The van der Waals surface area contributed by atoms with E-state index in [-0.39, 0.29) is 11.8 Å². The van der Waals surface area contributed by atoms with Gasteiger partial charge in [-0.05, 0) is 66.3 Å². The Labute approximate surface area is 249 Å². The molecule has 0 fully saturated rings. The van der Waals surface area contributed by atoms with Crippen LogP contribution >= 0.6 is 0 Å². The Hall–Kier alpha value is -4.58. The van der Waals surface area contributed by atoms with Crippen LogP contribution in [0.3, 0.4) is 0 Å². The first-order chi connectivity index (χ1) is 20.5. The molecule has 0 aliphatic rings. The number of carbonyl (C=O) groups is 2. The number of ether oxygens (including phenoxy) is 2.